The Hall–Kier alpha value is -4.02. The molecule has 2 saturated heterocycles. The fourth-order valence-corrected chi connectivity index (χ4v) is 5.83. The maximum absolute atomic E-state index is 11.8. The predicted molar refractivity (Wildman–Crippen MR) is 171 cm³/mol. The SMILES string of the molecule is CC(C)N1CCC(Oc2ccc3[nH]c(C(=O)O)cc3c2)C1.CCOC(=O)c1cc2cc(OC3CCN(C(C)C)C3)ccc2[nH]1. The molecular formula is C34H44N4O6. The number of carbonyl (C=O) groups excluding carboxylic acids is 1. The van der Waals surface area contributed by atoms with Crippen molar-refractivity contribution in [3.05, 3.63) is 59.9 Å². The Balaban J connectivity index is 0.000000175. The standard InChI is InChI=1S/C18H24N2O3.C16H20N2O3/c1-4-22-18(21)17-10-13-9-14(5-6-16(13)19-17)23-15-7-8-20(11-15)12(2)3;1-10(2)18-6-5-13(9-18)21-12-3-4-14-11(7-12)8-15(17-14)16(19)20/h5-6,9-10,12,15,19H,4,7-8,11H2,1-3H3;3-4,7-8,10,13,17H,5-6,9H2,1-2H3,(H,19,20). The number of likely N-dealkylation sites (tertiary alicyclic amines) is 2. The Morgan fingerprint density at radius 1 is 0.795 bits per heavy atom. The van der Waals surface area contributed by atoms with Crippen molar-refractivity contribution in [2.24, 2.45) is 0 Å². The molecule has 0 radical (unpaired) electrons. The van der Waals surface area contributed by atoms with Crippen molar-refractivity contribution in [2.75, 3.05) is 32.8 Å². The van der Waals surface area contributed by atoms with Crippen LogP contribution < -0.4 is 9.47 Å². The van der Waals surface area contributed by atoms with Gasteiger partial charge in [0.1, 0.15) is 35.1 Å². The Bertz CT molecular complexity index is 1590. The van der Waals surface area contributed by atoms with Crippen LogP contribution >= 0.6 is 0 Å². The van der Waals surface area contributed by atoms with Crippen molar-refractivity contribution < 1.29 is 28.9 Å². The largest absolute Gasteiger partial charge is 0.489 e. The molecule has 2 aliphatic heterocycles. The first-order valence-electron chi connectivity index (χ1n) is 15.6. The van der Waals surface area contributed by atoms with E-state index in [0.717, 1.165) is 72.3 Å². The van der Waals surface area contributed by atoms with E-state index in [2.05, 4.69) is 47.5 Å². The molecule has 2 aromatic heterocycles. The summed E-state index contributed by atoms with van der Waals surface area (Å²) in [4.78, 5) is 33.5. The number of hydrogen-bond donors (Lipinski definition) is 3. The number of esters is 1. The van der Waals surface area contributed by atoms with E-state index in [-0.39, 0.29) is 23.9 Å². The lowest BCUT2D eigenvalue weighted by Crippen LogP contribution is -2.30. The number of nitrogens with one attached hydrogen (secondary N) is 2. The van der Waals surface area contributed by atoms with E-state index >= 15 is 0 Å². The third-order valence-electron chi connectivity index (χ3n) is 8.33. The molecule has 236 valence electrons. The van der Waals surface area contributed by atoms with Gasteiger partial charge >= 0.3 is 11.9 Å². The van der Waals surface area contributed by atoms with Crippen molar-refractivity contribution in [1.29, 1.82) is 0 Å². The third-order valence-corrected chi connectivity index (χ3v) is 8.33. The van der Waals surface area contributed by atoms with Crippen molar-refractivity contribution in [3.63, 3.8) is 0 Å². The van der Waals surface area contributed by atoms with Gasteiger partial charge in [-0.3, -0.25) is 9.80 Å². The summed E-state index contributed by atoms with van der Waals surface area (Å²) < 4.78 is 17.2. The number of aromatic amines is 2. The average Bonchev–Trinajstić information content (AvgIpc) is 3.79. The number of fused-ring (bicyclic) bond motifs is 2. The summed E-state index contributed by atoms with van der Waals surface area (Å²) in [5, 5.41) is 10.8. The van der Waals surface area contributed by atoms with E-state index < -0.39 is 5.97 Å². The van der Waals surface area contributed by atoms with Crippen LogP contribution in [0.4, 0.5) is 0 Å². The Morgan fingerprint density at radius 3 is 1.70 bits per heavy atom. The minimum absolute atomic E-state index is 0.203. The molecule has 2 aliphatic rings. The molecule has 2 aromatic carbocycles. The lowest BCUT2D eigenvalue weighted by Gasteiger charge is -2.20. The highest BCUT2D eigenvalue weighted by atomic mass is 16.5. The van der Waals surface area contributed by atoms with Gasteiger partial charge in [0.25, 0.3) is 0 Å². The number of benzene rings is 2. The van der Waals surface area contributed by atoms with Gasteiger partial charge < -0.3 is 29.3 Å². The van der Waals surface area contributed by atoms with Gasteiger partial charge in [0.2, 0.25) is 0 Å². The maximum Gasteiger partial charge on any atom is 0.354 e. The molecule has 0 aliphatic carbocycles. The third kappa shape index (κ3) is 7.54. The fourth-order valence-electron chi connectivity index (χ4n) is 5.83. The number of hydrogen-bond acceptors (Lipinski definition) is 7. The molecule has 2 fully saturated rings. The summed E-state index contributed by atoms with van der Waals surface area (Å²) >= 11 is 0. The number of nitrogens with zero attached hydrogens (tertiary/aromatic N) is 2. The van der Waals surface area contributed by atoms with E-state index in [9.17, 15) is 9.59 Å². The Morgan fingerprint density at radius 2 is 1.27 bits per heavy atom. The maximum atomic E-state index is 11.8. The van der Waals surface area contributed by atoms with E-state index in [1.54, 1.807) is 13.0 Å². The van der Waals surface area contributed by atoms with E-state index in [1.807, 2.05) is 42.5 Å². The summed E-state index contributed by atoms with van der Waals surface area (Å²) in [5.41, 5.74) is 2.41. The molecular weight excluding hydrogens is 560 g/mol. The molecule has 0 amide bonds. The number of aromatic carboxylic acids is 1. The summed E-state index contributed by atoms with van der Waals surface area (Å²) in [5.74, 6) is 0.378. The van der Waals surface area contributed by atoms with Crippen molar-refractivity contribution in [2.45, 2.75) is 71.8 Å². The minimum atomic E-state index is -0.947. The monoisotopic (exact) mass is 604 g/mol. The Labute approximate surface area is 258 Å². The number of ether oxygens (including phenoxy) is 3. The smallest absolute Gasteiger partial charge is 0.354 e. The second-order valence-electron chi connectivity index (χ2n) is 12.1. The lowest BCUT2D eigenvalue weighted by atomic mass is 10.2. The quantitative estimate of drug-likeness (QED) is 0.201. The van der Waals surface area contributed by atoms with Crippen LogP contribution in [0.3, 0.4) is 0 Å². The fraction of sp³-hybridized carbons (Fsp3) is 0.471. The molecule has 6 rings (SSSR count). The van der Waals surface area contributed by atoms with Gasteiger partial charge in [0, 0.05) is 60.1 Å². The van der Waals surface area contributed by atoms with Crippen LogP contribution in [-0.2, 0) is 4.74 Å². The molecule has 4 aromatic rings. The second-order valence-corrected chi connectivity index (χ2v) is 12.1. The topological polar surface area (TPSA) is 120 Å². The molecule has 0 saturated carbocycles. The second kappa shape index (κ2) is 13.7. The normalized spacial score (nSPS) is 19.1. The van der Waals surface area contributed by atoms with E-state index in [4.69, 9.17) is 19.3 Å². The van der Waals surface area contributed by atoms with Gasteiger partial charge in [-0.1, -0.05) is 0 Å². The molecule has 2 unspecified atom stereocenters. The molecule has 2 atom stereocenters. The molecule has 4 heterocycles. The van der Waals surface area contributed by atoms with Crippen LogP contribution in [0.1, 0.15) is 68.4 Å². The zero-order chi connectivity index (χ0) is 31.4. The summed E-state index contributed by atoms with van der Waals surface area (Å²) in [6.45, 7) is 15.1. The first-order valence-corrected chi connectivity index (χ1v) is 15.6. The van der Waals surface area contributed by atoms with Crippen LogP contribution in [0.25, 0.3) is 21.8 Å². The number of rotatable bonds is 9. The first kappa shape index (κ1) is 31.4. The number of carboxylic acids is 1. The van der Waals surface area contributed by atoms with Crippen molar-refractivity contribution in [1.82, 2.24) is 19.8 Å². The van der Waals surface area contributed by atoms with Crippen LogP contribution in [0.2, 0.25) is 0 Å². The molecule has 44 heavy (non-hydrogen) atoms. The zero-order valence-electron chi connectivity index (χ0n) is 26.3. The molecule has 0 bridgehead atoms. The molecule has 0 spiro atoms. The highest BCUT2D eigenvalue weighted by Gasteiger charge is 2.26. The van der Waals surface area contributed by atoms with Gasteiger partial charge in [0.15, 0.2) is 0 Å². The van der Waals surface area contributed by atoms with Crippen LogP contribution in [-0.4, -0.2) is 93.9 Å². The summed E-state index contributed by atoms with van der Waals surface area (Å²) in [6, 6.07) is 16.1. The van der Waals surface area contributed by atoms with Gasteiger partial charge in [0.05, 0.1) is 6.61 Å². The van der Waals surface area contributed by atoms with Crippen LogP contribution in [0, 0.1) is 0 Å². The van der Waals surface area contributed by atoms with Gasteiger partial charge in [-0.2, -0.15) is 0 Å². The number of aromatic nitrogens is 2. The first-order chi connectivity index (χ1) is 21.1. The highest BCUT2D eigenvalue weighted by Crippen LogP contribution is 2.26. The summed E-state index contributed by atoms with van der Waals surface area (Å²) in [6.07, 6.45) is 2.53. The molecule has 10 nitrogen and oxygen atoms in total. The molecule has 10 heteroatoms. The zero-order valence-corrected chi connectivity index (χ0v) is 26.3. The Kier molecular flexibility index (Phi) is 9.80. The van der Waals surface area contributed by atoms with Crippen LogP contribution in [0.5, 0.6) is 11.5 Å². The van der Waals surface area contributed by atoms with Crippen molar-refractivity contribution in [3.8, 4) is 11.5 Å². The lowest BCUT2D eigenvalue weighted by molar-refractivity contribution is 0.0520. The van der Waals surface area contributed by atoms with Crippen LogP contribution in [0.15, 0.2) is 48.5 Å². The van der Waals surface area contributed by atoms with Gasteiger partial charge in [-0.05, 0) is 96.0 Å². The minimum Gasteiger partial charge on any atom is -0.489 e. The molecule has 3 N–H and O–H groups in total. The summed E-state index contributed by atoms with van der Waals surface area (Å²) in [7, 11) is 0. The number of carboxylic acid groups (broad SMARTS) is 1. The number of H-pyrrole nitrogens is 2. The van der Waals surface area contributed by atoms with Crippen molar-refractivity contribution >= 4 is 33.7 Å². The predicted octanol–water partition coefficient (Wildman–Crippen LogP) is 5.93. The number of carbonyl (C=O) groups is 2. The van der Waals surface area contributed by atoms with E-state index in [0.29, 0.717) is 24.4 Å². The van der Waals surface area contributed by atoms with Gasteiger partial charge in [-0.25, -0.2) is 9.59 Å². The highest BCUT2D eigenvalue weighted by molar-refractivity contribution is 5.95. The van der Waals surface area contributed by atoms with E-state index in [1.165, 1.54) is 0 Å². The average molecular weight is 605 g/mol. The van der Waals surface area contributed by atoms with Gasteiger partial charge in [-0.15, -0.1) is 0 Å².